The van der Waals surface area contributed by atoms with E-state index in [4.69, 9.17) is 4.74 Å². The predicted molar refractivity (Wildman–Crippen MR) is 98.7 cm³/mol. The van der Waals surface area contributed by atoms with E-state index in [0.717, 1.165) is 42.9 Å². The fourth-order valence-corrected chi connectivity index (χ4v) is 3.09. The largest absolute Gasteiger partial charge is 0.444 e. The second kappa shape index (κ2) is 6.86. The molecule has 6 nitrogen and oxygen atoms in total. The number of anilines is 1. The molecule has 1 atom stereocenters. The maximum absolute atomic E-state index is 12.2. The summed E-state index contributed by atoms with van der Waals surface area (Å²) < 4.78 is 5.46. The maximum Gasteiger partial charge on any atom is 0.410 e. The Bertz CT molecular complexity index is 756. The van der Waals surface area contributed by atoms with E-state index in [2.05, 4.69) is 14.9 Å². The van der Waals surface area contributed by atoms with Gasteiger partial charge in [-0.05, 0) is 45.2 Å². The number of hydrogen-bond donors (Lipinski definition) is 0. The van der Waals surface area contributed by atoms with Crippen LogP contribution in [0.5, 0.6) is 0 Å². The summed E-state index contributed by atoms with van der Waals surface area (Å²) in [6.45, 7) is 7.99. The van der Waals surface area contributed by atoms with Gasteiger partial charge in [-0.15, -0.1) is 0 Å². The molecule has 134 valence electrons. The maximum atomic E-state index is 12.2. The Morgan fingerprint density at radius 2 is 2.04 bits per heavy atom. The topological polar surface area (TPSA) is 58.6 Å². The number of aromatic nitrogens is 2. The van der Waals surface area contributed by atoms with Gasteiger partial charge in [0.15, 0.2) is 0 Å². The molecule has 0 bridgehead atoms. The first kappa shape index (κ1) is 17.5. The van der Waals surface area contributed by atoms with Gasteiger partial charge in [0.2, 0.25) is 0 Å². The summed E-state index contributed by atoms with van der Waals surface area (Å²) >= 11 is 0. The first-order valence-electron chi connectivity index (χ1n) is 8.73. The summed E-state index contributed by atoms with van der Waals surface area (Å²) in [6, 6.07) is 7.86. The van der Waals surface area contributed by atoms with Crippen molar-refractivity contribution in [2.75, 3.05) is 31.6 Å². The number of rotatable bonds is 3. The number of carbonyl (C=O) groups is 1. The molecular weight excluding hydrogens is 316 g/mol. The van der Waals surface area contributed by atoms with Crippen LogP contribution in [0.2, 0.25) is 0 Å². The molecule has 0 N–H and O–H groups in total. The number of benzene rings is 1. The highest BCUT2D eigenvalue weighted by atomic mass is 16.6. The third-order valence-corrected chi connectivity index (χ3v) is 4.30. The second-order valence-corrected chi connectivity index (χ2v) is 7.68. The molecule has 1 aliphatic heterocycles. The van der Waals surface area contributed by atoms with Crippen LogP contribution in [0.25, 0.3) is 11.0 Å². The number of nitrogens with zero attached hydrogens (tertiary/aromatic N) is 4. The highest BCUT2D eigenvalue weighted by molar-refractivity contribution is 5.75. The molecule has 1 fully saturated rings. The van der Waals surface area contributed by atoms with Crippen LogP contribution >= 0.6 is 0 Å². The number of amides is 1. The number of likely N-dealkylation sites (tertiary alicyclic amines) is 1. The number of ether oxygens (including phenoxy) is 1. The van der Waals surface area contributed by atoms with Crippen molar-refractivity contribution >= 4 is 22.9 Å². The molecule has 1 amide bonds. The second-order valence-electron chi connectivity index (χ2n) is 7.68. The van der Waals surface area contributed by atoms with E-state index >= 15 is 0 Å². The van der Waals surface area contributed by atoms with E-state index in [1.165, 1.54) is 0 Å². The number of hydrogen-bond acceptors (Lipinski definition) is 5. The van der Waals surface area contributed by atoms with Crippen molar-refractivity contribution in [2.24, 2.45) is 5.92 Å². The molecule has 0 spiro atoms. The normalized spacial score (nSPS) is 17.8. The fourth-order valence-electron chi connectivity index (χ4n) is 3.09. The Labute approximate surface area is 148 Å². The van der Waals surface area contributed by atoms with Gasteiger partial charge in [-0.2, -0.15) is 0 Å². The van der Waals surface area contributed by atoms with Gasteiger partial charge in [0.05, 0.1) is 17.2 Å². The summed E-state index contributed by atoms with van der Waals surface area (Å²) in [5.41, 5.74) is 1.34. The van der Waals surface area contributed by atoms with Crippen LogP contribution in [-0.2, 0) is 4.74 Å². The molecule has 1 aromatic carbocycles. The molecule has 6 heteroatoms. The van der Waals surface area contributed by atoms with Crippen molar-refractivity contribution in [3.8, 4) is 0 Å². The zero-order valence-electron chi connectivity index (χ0n) is 15.4. The molecule has 25 heavy (non-hydrogen) atoms. The molecule has 0 radical (unpaired) electrons. The van der Waals surface area contributed by atoms with Crippen molar-refractivity contribution in [1.29, 1.82) is 0 Å². The standard InChI is InChI=1S/C19H26N4O2/c1-19(2,3)25-18(24)23-10-9-14(13-23)12-22(4)17-11-20-15-7-5-6-8-16(15)21-17/h5-8,11,14H,9-10,12-13H2,1-4H3/t14-/m1/s1. The number of para-hydroxylation sites is 2. The van der Waals surface area contributed by atoms with Gasteiger partial charge in [0, 0.05) is 26.7 Å². The van der Waals surface area contributed by atoms with Crippen LogP contribution in [0, 0.1) is 5.92 Å². The van der Waals surface area contributed by atoms with Crippen LogP contribution in [0.3, 0.4) is 0 Å². The molecule has 1 aliphatic rings. The Balaban J connectivity index is 1.59. The van der Waals surface area contributed by atoms with Crippen molar-refractivity contribution in [3.05, 3.63) is 30.5 Å². The molecule has 1 saturated heterocycles. The average molecular weight is 342 g/mol. The lowest BCUT2D eigenvalue weighted by Crippen LogP contribution is -2.36. The minimum absolute atomic E-state index is 0.219. The smallest absolute Gasteiger partial charge is 0.410 e. The molecule has 0 aliphatic carbocycles. The van der Waals surface area contributed by atoms with Crippen LogP contribution in [0.1, 0.15) is 27.2 Å². The van der Waals surface area contributed by atoms with Crippen LogP contribution in [0.4, 0.5) is 10.6 Å². The van der Waals surface area contributed by atoms with Gasteiger partial charge in [-0.25, -0.2) is 9.78 Å². The first-order valence-corrected chi connectivity index (χ1v) is 8.73. The van der Waals surface area contributed by atoms with Crippen LogP contribution in [-0.4, -0.2) is 53.2 Å². The summed E-state index contributed by atoms with van der Waals surface area (Å²) in [7, 11) is 2.02. The zero-order valence-corrected chi connectivity index (χ0v) is 15.4. The van der Waals surface area contributed by atoms with Crippen LogP contribution in [0.15, 0.2) is 30.5 Å². The lowest BCUT2D eigenvalue weighted by Gasteiger charge is -2.25. The van der Waals surface area contributed by atoms with E-state index in [1.54, 1.807) is 4.90 Å². The minimum Gasteiger partial charge on any atom is -0.444 e. The highest BCUT2D eigenvalue weighted by Gasteiger charge is 2.30. The van der Waals surface area contributed by atoms with E-state index in [0.29, 0.717) is 5.92 Å². The SMILES string of the molecule is CN(C[C@H]1CCN(C(=O)OC(C)(C)C)C1)c1cnc2ccccc2n1. The Kier molecular flexibility index (Phi) is 4.79. The summed E-state index contributed by atoms with van der Waals surface area (Å²) in [4.78, 5) is 25.2. The molecule has 0 saturated carbocycles. The van der Waals surface area contributed by atoms with Gasteiger partial charge in [0.1, 0.15) is 11.4 Å². The van der Waals surface area contributed by atoms with Crippen LogP contribution < -0.4 is 4.90 Å². The number of carbonyl (C=O) groups excluding carboxylic acids is 1. The van der Waals surface area contributed by atoms with Gasteiger partial charge in [0.25, 0.3) is 0 Å². The molecule has 2 heterocycles. The van der Waals surface area contributed by atoms with Gasteiger partial charge >= 0.3 is 6.09 Å². The van der Waals surface area contributed by atoms with Crippen molar-refractivity contribution < 1.29 is 9.53 Å². The lowest BCUT2D eigenvalue weighted by molar-refractivity contribution is 0.0288. The minimum atomic E-state index is -0.452. The lowest BCUT2D eigenvalue weighted by atomic mass is 10.1. The van der Waals surface area contributed by atoms with E-state index < -0.39 is 5.60 Å². The van der Waals surface area contributed by atoms with Crippen molar-refractivity contribution in [3.63, 3.8) is 0 Å². The molecule has 3 rings (SSSR count). The zero-order chi connectivity index (χ0) is 18.0. The Hall–Kier alpha value is -2.37. The van der Waals surface area contributed by atoms with E-state index in [-0.39, 0.29) is 6.09 Å². The predicted octanol–water partition coefficient (Wildman–Crippen LogP) is 3.32. The first-order chi connectivity index (χ1) is 11.8. The van der Waals surface area contributed by atoms with Gasteiger partial charge < -0.3 is 14.5 Å². The van der Waals surface area contributed by atoms with E-state index in [1.807, 2.05) is 58.3 Å². The molecule has 0 unspecified atom stereocenters. The van der Waals surface area contributed by atoms with Gasteiger partial charge in [-0.1, -0.05) is 12.1 Å². The fraction of sp³-hybridized carbons (Fsp3) is 0.526. The number of fused-ring (bicyclic) bond motifs is 1. The average Bonchev–Trinajstić information content (AvgIpc) is 3.01. The van der Waals surface area contributed by atoms with Gasteiger partial charge in [-0.3, -0.25) is 4.98 Å². The third-order valence-electron chi connectivity index (χ3n) is 4.30. The summed E-state index contributed by atoms with van der Waals surface area (Å²) in [5, 5.41) is 0. The van der Waals surface area contributed by atoms with Crippen molar-refractivity contribution in [1.82, 2.24) is 14.9 Å². The monoisotopic (exact) mass is 342 g/mol. The summed E-state index contributed by atoms with van der Waals surface area (Å²) in [6.07, 6.45) is 2.57. The summed E-state index contributed by atoms with van der Waals surface area (Å²) in [5.74, 6) is 1.26. The molecule has 2 aromatic rings. The quantitative estimate of drug-likeness (QED) is 0.856. The Morgan fingerprint density at radius 1 is 1.32 bits per heavy atom. The molecular formula is C19H26N4O2. The van der Waals surface area contributed by atoms with E-state index in [9.17, 15) is 4.79 Å². The molecule has 1 aromatic heterocycles. The van der Waals surface area contributed by atoms with Crippen molar-refractivity contribution in [2.45, 2.75) is 32.8 Å². The third kappa shape index (κ3) is 4.38. The highest BCUT2D eigenvalue weighted by Crippen LogP contribution is 2.22. The Morgan fingerprint density at radius 3 is 2.76 bits per heavy atom.